The van der Waals surface area contributed by atoms with Gasteiger partial charge in [0.2, 0.25) is 22.1 Å². The Hall–Kier alpha value is -2.19. The van der Waals surface area contributed by atoms with Crippen LogP contribution in [0.15, 0.2) is 0 Å². The topological polar surface area (TPSA) is 142 Å². The summed E-state index contributed by atoms with van der Waals surface area (Å²) in [5, 5.41) is 15.9. The molecule has 10 nitrogen and oxygen atoms in total. The number of anilines is 4. The Balaban J connectivity index is 0.000000267. The van der Waals surface area contributed by atoms with E-state index in [1.54, 1.807) is 0 Å². The summed E-state index contributed by atoms with van der Waals surface area (Å²) >= 11 is 0. The van der Waals surface area contributed by atoms with Crippen LogP contribution < -0.4 is 42.0 Å². The van der Waals surface area contributed by atoms with Gasteiger partial charge in [0.25, 0.3) is 0 Å². The van der Waals surface area contributed by atoms with E-state index in [2.05, 4.69) is 31.2 Å². The molecule has 0 bridgehead atoms. The average Bonchev–Trinajstić information content (AvgIpc) is 3.33. The van der Waals surface area contributed by atoms with Gasteiger partial charge in [0.15, 0.2) is 32.3 Å². The van der Waals surface area contributed by atoms with Gasteiger partial charge in [-0.05, 0) is 24.2 Å². The van der Waals surface area contributed by atoms with E-state index in [1.807, 2.05) is 66.2 Å². The third-order valence-corrected chi connectivity index (χ3v) is 20.7. The summed E-state index contributed by atoms with van der Waals surface area (Å²) < 4.78 is 0. The van der Waals surface area contributed by atoms with Crippen LogP contribution in [-0.2, 0) is 0 Å². The van der Waals surface area contributed by atoms with Gasteiger partial charge >= 0.3 is 23.1 Å². The second-order valence-corrected chi connectivity index (χ2v) is 29.5. The second kappa shape index (κ2) is 8.91. The Bertz CT molecular complexity index is 1440. The Kier molecular flexibility index (Phi) is 6.80. The van der Waals surface area contributed by atoms with Crippen molar-refractivity contribution in [1.29, 1.82) is 0 Å². The standard InChI is InChI=1S/2C12H17N3O2Si2.Mg.2H/c2*1-6-8-7(14-11(16)18(8,2)3)9-10(13-6)15-12(17)19(9,4)5;;;/h2*1-5H3,(H,14,16)(H,13,15,17);;;/q;;+2;2*-1. The van der Waals surface area contributed by atoms with Gasteiger partial charge in [-0.2, -0.15) is 0 Å². The van der Waals surface area contributed by atoms with E-state index in [9.17, 15) is 19.2 Å². The number of pyridine rings is 2. The third kappa shape index (κ3) is 3.95. The molecule has 0 aromatic carbocycles. The molecule has 0 fully saturated rings. The molecule has 4 aliphatic heterocycles. The van der Waals surface area contributed by atoms with Crippen LogP contribution >= 0.6 is 0 Å². The van der Waals surface area contributed by atoms with Crippen molar-refractivity contribution in [2.75, 3.05) is 21.3 Å². The normalized spacial score (nSPS) is 21.2. The maximum atomic E-state index is 12.2. The monoisotopic (exact) mass is 608 g/mol. The zero-order valence-corrected chi connectivity index (χ0v) is 29.6. The Morgan fingerprint density at radius 1 is 0.487 bits per heavy atom. The van der Waals surface area contributed by atoms with Crippen molar-refractivity contribution in [3.63, 3.8) is 0 Å². The van der Waals surface area contributed by atoms with Gasteiger partial charge in [0, 0.05) is 33.1 Å². The number of carbonyl (C=O) groups excluding carboxylic acids is 4. The summed E-state index contributed by atoms with van der Waals surface area (Å²) in [6.07, 6.45) is 0. The number of hydrogen-bond acceptors (Lipinski definition) is 6. The molecule has 4 N–H and O–H groups in total. The quantitative estimate of drug-likeness (QED) is 0.339. The minimum atomic E-state index is -2.24. The van der Waals surface area contributed by atoms with E-state index >= 15 is 0 Å². The Labute approximate surface area is 251 Å². The first-order chi connectivity index (χ1) is 17.3. The van der Waals surface area contributed by atoms with Crippen LogP contribution in [0.1, 0.15) is 14.2 Å². The molecule has 15 heteroatoms. The van der Waals surface area contributed by atoms with Crippen molar-refractivity contribution in [3.05, 3.63) is 11.4 Å². The fraction of sp³-hybridized carbons (Fsp3) is 0.417. The van der Waals surface area contributed by atoms with E-state index in [-0.39, 0.29) is 48.0 Å². The van der Waals surface area contributed by atoms with Crippen LogP contribution in [0.3, 0.4) is 0 Å². The smallest absolute Gasteiger partial charge is 1.00 e. The summed E-state index contributed by atoms with van der Waals surface area (Å²) in [6.45, 7) is 20.0. The molecule has 2 aromatic heterocycles. The van der Waals surface area contributed by atoms with Crippen LogP contribution in [0.4, 0.5) is 42.2 Å². The number of nitrogens with one attached hydrogen (secondary N) is 4. The van der Waals surface area contributed by atoms with Crippen molar-refractivity contribution in [1.82, 2.24) is 9.97 Å². The molecule has 0 saturated carbocycles. The van der Waals surface area contributed by atoms with E-state index in [0.717, 1.165) is 43.5 Å². The Morgan fingerprint density at radius 3 is 1.05 bits per heavy atom. The third-order valence-electron chi connectivity index (χ3n) is 8.47. The first-order valence-electron chi connectivity index (χ1n) is 12.7. The first-order valence-corrected chi connectivity index (χ1v) is 24.7. The van der Waals surface area contributed by atoms with Crippen LogP contribution in [0, 0.1) is 13.8 Å². The number of rotatable bonds is 0. The molecule has 39 heavy (non-hydrogen) atoms. The molecule has 0 radical (unpaired) electrons. The zero-order valence-electron chi connectivity index (χ0n) is 26.2. The molecule has 204 valence electrons. The van der Waals surface area contributed by atoms with Crippen molar-refractivity contribution >= 4 is 121 Å². The van der Waals surface area contributed by atoms with Gasteiger partial charge in [-0.15, -0.1) is 0 Å². The fourth-order valence-electron chi connectivity index (χ4n) is 6.11. The fourth-order valence-corrected chi connectivity index (χ4v) is 15.6. The van der Waals surface area contributed by atoms with Gasteiger partial charge in [-0.25, -0.2) is 9.97 Å². The zero-order chi connectivity index (χ0) is 28.3. The first kappa shape index (κ1) is 29.8. The van der Waals surface area contributed by atoms with Crippen LogP contribution in [0.25, 0.3) is 0 Å². The van der Waals surface area contributed by atoms with Gasteiger partial charge in [0.05, 0.1) is 0 Å². The predicted molar refractivity (Wildman–Crippen MR) is 170 cm³/mol. The summed E-state index contributed by atoms with van der Waals surface area (Å²) in [5.41, 5.74) is 3.90. The minimum absolute atomic E-state index is 0. The SMILES string of the molecule is Cc1nc2c(c3c1[Si](C)(C)C(=O)N3)[Si](C)(C)C(=O)N2.Cc1nc2c(c3c1[Si](C)(C)C(=O)N3)[Si](C)(C)C(=O)N2.[H-].[H-].[Mg+2]. The molecule has 0 saturated heterocycles. The summed E-state index contributed by atoms with van der Waals surface area (Å²) in [4.78, 5) is 57.8. The molecule has 0 atom stereocenters. The van der Waals surface area contributed by atoms with Crippen LogP contribution in [0.5, 0.6) is 0 Å². The molecule has 2 aromatic rings. The molecule has 0 unspecified atom stereocenters. The van der Waals surface area contributed by atoms with Gasteiger partial charge < -0.3 is 24.1 Å². The molecular weight excluding hydrogens is 573 g/mol. The largest absolute Gasteiger partial charge is 2.00 e. The number of fused-ring (bicyclic) bond motifs is 6. The molecule has 4 amide bonds. The number of nitrogens with zero attached hydrogens (tertiary/aromatic N) is 2. The van der Waals surface area contributed by atoms with Crippen molar-refractivity contribution in [2.24, 2.45) is 0 Å². The summed E-state index contributed by atoms with van der Waals surface area (Å²) in [6, 6.07) is 0. The number of aryl methyl sites for hydroxylation is 2. The number of amides is 4. The number of aromatic nitrogens is 2. The van der Waals surface area contributed by atoms with Gasteiger partial charge in [-0.3, -0.25) is 19.2 Å². The van der Waals surface area contributed by atoms with Crippen molar-refractivity contribution < 1.29 is 22.0 Å². The molecular formula is C24H36MgN6O4Si4. The maximum absolute atomic E-state index is 12.2. The van der Waals surface area contributed by atoms with Gasteiger partial charge in [0.1, 0.15) is 11.6 Å². The number of carbonyl (C=O) groups is 4. The van der Waals surface area contributed by atoms with Crippen LogP contribution in [0.2, 0.25) is 52.4 Å². The molecule has 6 rings (SSSR count). The van der Waals surface area contributed by atoms with Gasteiger partial charge in [-0.1, -0.05) is 52.4 Å². The van der Waals surface area contributed by atoms with E-state index in [1.165, 1.54) is 0 Å². The number of hydrogen-bond donors (Lipinski definition) is 4. The van der Waals surface area contributed by atoms with E-state index < -0.39 is 32.3 Å². The van der Waals surface area contributed by atoms with E-state index in [0.29, 0.717) is 11.6 Å². The van der Waals surface area contributed by atoms with Crippen molar-refractivity contribution in [3.8, 4) is 0 Å². The molecule has 6 heterocycles. The molecule has 4 aliphatic rings. The predicted octanol–water partition coefficient (Wildman–Crippen LogP) is 2.79. The minimum Gasteiger partial charge on any atom is -1.00 e. The van der Waals surface area contributed by atoms with Crippen molar-refractivity contribution in [2.45, 2.75) is 66.2 Å². The summed E-state index contributed by atoms with van der Waals surface area (Å²) in [7, 11) is -8.81. The average molecular weight is 609 g/mol. The maximum Gasteiger partial charge on any atom is 2.00 e. The second-order valence-electron chi connectivity index (χ2n) is 12.7. The Morgan fingerprint density at radius 2 is 0.744 bits per heavy atom. The van der Waals surface area contributed by atoms with Crippen LogP contribution in [-0.4, -0.2) is 87.4 Å². The molecule has 0 aliphatic carbocycles. The van der Waals surface area contributed by atoms with E-state index in [4.69, 9.17) is 0 Å². The molecule has 0 spiro atoms. The summed E-state index contributed by atoms with van der Waals surface area (Å²) in [5.74, 6) is 1.31.